The molecule has 0 aliphatic heterocycles. The van der Waals surface area contributed by atoms with Crippen LogP contribution < -0.4 is 0 Å². The molecule has 2 atom stereocenters. The smallest absolute Gasteiger partial charge is 0.309 e. The van der Waals surface area contributed by atoms with Crippen molar-refractivity contribution in [2.24, 2.45) is 5.92 Å². The van der Waals surface area contributed by atoms with Crippen LogP contribution in [0.5, 0.6) is 0 Å². The van der Waals surface area contributed by atoms with Crippen LogP contribution in [0.15, 0.2) is 24.3 Å². The molecule has 4 heteroatoms. The van der Waals surface area contributed by atoms with E-state index in [-0.39, 0.29) is 30.2 Å². The molecule has 2 rings (SSSR count). The monoisotopic (exact) mass is 276 g/mol. The van der Waals surface area contributed by atoms with Gasteiger partial charge >= 0.3 is 11.9 Å². The highest BCUT2D eigenvalue weighted by atomic mass is 16.5. The van der Waals surface area contributed by atoms with Crippen LogP contribution in [0.4, 0.5) is 0 Å². The first kappa shape index (κ1) is 14.6. The van der Waals surface area contributed by atoms with E-state index in [1.54, 1.807) is 13.8 Å². The quantitative estimate of drug-likeness (QED) is 0.775. The van der Waals surface area contributed by atoms with Crippen molar-refractivity contribution in [3.63, 3.8) is 0 Å². The number of fused-ring (bicyclic) bond motifs is 1. The highest BCUT2D eigenvalue weighted by Crippen LogP contribution is 2.40. The number of rotatable bonds is 5. The van der Waals surface area contributed by atoms with Crippen LogP contribution in [-0.2, 0) is 25.5 Å². The Labute approximate surface area is 119 Å². The average molecular weight is 276 g/mol. The van der Waals surface area contributed by atoms with Crippen molar-refractivity contribution >= 4 is 11.9 Å². The van der Waals surface area contributed by atoms with E-state index in [0.717, 1.165) is 11.1 Å². The third-order valence-corrected chi connectivity index (χ3v) is 3.66. The fraction of sp³-hybridized carbons (Fsp3) is 0.500. The molecule has 0 saturated carbocycles. The Morgan fingerprint density at radius 3 is 2.55 bits per heavy atom. The van der Waals surface area contributed by atoms with Crippen molar-refractivity contribution in [2.45, 2.75) is 32.6 Å². The van der Waals surface area contributed by atoms with Crippen molar-refractivity contribution in [2.75, 3.05) is 13.2 Å². The zero-order valence-electron chi connectivity index (χ0n) is 11.9. The number of hydrogen-bond acceptors (Lipinski definition) is 4. The molecule has 0 fully saturated rings. The van der Waals surface area contributed by atoms with Gasteiger partial charge in [0.25, 0.3) is 0 Å². The van der Waals surface area contributed by atoms with E-state index in [0.29, 0.717) is 19.6 Å². The van der Waals surface area contributed by atoms with E-state index >= 15 is 0 Å². The summed E-state index contributed by atoms with van der Waals surface area (Å²) in [6.07, 6.45) is 0.868. The van der Waals surface area contributed by atoms with Crippen molar-refractivity contribution in [3.05, 3.63) is 35.4 Å². The third kappa shape index (κ3) is 3.00. The van der Waals surface area contributed by atoms with Gasteiger partial charge in [0.15, 0.2) is 0 Å². The molecular weight excluding hydrogens is 256 g/mol. The second-order valence-electron chi connectivity index (χ2n) is 4.88. The van der Waals surface area contributed by atoms with Gasteiger partial charge in [-0.15, -0.1) is 0 Å². The van der Waals surface area contributed by atoms with Gasteiger partial charge in [-0.1, -0.05) is 24.3 Å². The van der Waals surface area contributed by atoms with Crippen LogP contribution >= 0.6 is 0 Å². The van der Waals surface area contributed by atoms with Crippen molar-refractivity contribution in [3.8, 4) is 0 Å². The molecule has 0 amide bonds. The average Bonchev–Trinajstić information content (AvgIpc) is 2.78. The lowest BCUT2D eigenvalue weighted by Gasteiger charge is -2.18. The summed E-state index contributed by atoms with van der Waals surface area (Å²) in [6, 6.07) is 7.88. The normalized spacial score (nSPS) is 20.3. The lowest BCUT2D eigenvalue weighted by atomic mass is 9.89. The molecular formula is C16H20O4. The molecule has 0 aromatic heterocycles. The van der Waals surface area contributed by atoms with Gasteiger partial charge in [-0.2, -0.15) is 0 Å². The summed E-state index contributed by atoms with van der Waals surface area (Å²) in [5.74, 6) is -0.900. The Morgan fingerprint density at radius 2 is 1.85 bits per heavy atom. The van der Waals surface area contributed by atoms with Crippen LogP contribution in [0, 0.1) is 5.92 Å². The number of ether oxygens (including phenoxy) is 2. The fourth-order valence-corrected chi connectivity index (χ4v) is 2.83. The molecule has 0 heterocycles. The number of carbonyl (C=O) groups excluding carboxylic acids is 2. The second-order valence-corrected chi connectivity index (χ2v) is 4.88. The van der Waals surface area contributed by atoms with E-state index in [4.69, 9.17) is 9.47 Å². The molecule has 1 aromatic carbocycles. The van der Waals surface area contributed by atoms with E-state index in [1.807, 2.05) is 24.3 Å². The maximum absolute atomic E-state index is 12.1. The number of hydrogen-bond donors (Lipinski definition) is 0. The maximum atomic E-state index is 12.1. The summed E-state index contributed by atoms with van der Waals surface area (Å²) in [4.78, 5) is 23.8. The third-order valence-electron chi connectivity index (χ3n) is 3.66. The summed E-state index contributed by atoms with van der Waals surface area (Å²) in [5.41, 5.74) is 2.19. The highest BCUT2D eigenvalue weighted by molar-refractivity contribution is 5.78. The molecule has 0 radical (unpaired) electrons. The van der Waals surface area contributed by atoms with E-state index in [2.05, 4.69) is 0 Å². The summed E-state index contributed by atoms with van der Waals surface area (Å²) in [6.45, 7) is 4.29. The van der Waals surface area contributed by atoms with Gasteiger partial charge in [-0.3, -0.25) is 9.59 Å². The van der Waals surface area contributed by atoms with Crippen molar-refractivity contribution < 1.29 is 19.1 Å². The van der Waals surface area contributed by atoms with Gasteiger partial charge in [0, 0.05) is 5.92 Å². The molecule has 1 aromatic rings. The second kappa shape index (κ2) is 6.55. The lowest BCUT2D eigenvalue weighted by molar-refractivity contribution is -0.149. The highest BCUT2D eigenvalue weighted by Gasteiger charge is 2.39. The number of benzene rings is 1. The molecule has 0 N–H and O–H groups in total. The van der Waals surface area contributed by atoms with Gasteiger partial charge in [-0.05, 0) is 31.4 Å². The lowest BCUT2D eigenvalue weighted by Crippen LogP contribution is -2.24. The Hall–Kier alpha value is -1.84. The Bertz CT molecular complexity index is 495. The minimum absolute atomic E-state index is 0.135. The van der Waals surface area contributed by atoms with Crippen LogP contribution in [0.2, 0.25) is 0 Å². The Morgan fingerprint density at radius 1 is 1.15 bits per heavy atom. The summed E-state index contributed by atoms with van der Waals surface area (Å²) in [7, 11) is 0. The Balaban J connectivity index is 2.21. The Kier molecular flexibility index (Phi) is 4.77. The van der Waals surface area contributed by atoms with Gasteiger partial charge in [0.05, 0.1) is 25.6 Å². The fourth-order valence-electron chi connectivity index (χ4n) is 2.83. The predicted octanol–water partition coefficient (Wildman–Crippen LogP) is 2.46. The minimum Gasteiger partial charge on any atom is -0.466 e. The molecule has 1 aliphatic rings. The van der Waals surface area contributed by atoms with Crippen LogP contribution in [0.25, 0.3) is 0 Å². The van der Waals surface area contributed by atoms with Gasteiger partial charge in [0.2, 0.25) is 0 Å². The zero-order chi connectivity index (χ0) is 14.5. The summed E-state index contributed by atoms with van der Waals surface area (Å²) >= 11 is 0. The van der Waals surface area contributed by atoms with Gasteiger partial charge in [0.1, 0.15) is 0 Å². The standard InChI is InChI=1S/C16H20O4/c1-3-19-15(17)10-13-12-8-6-5-7-11(12)9-14(13)16(18)20-4-2/h5-8,13-14H,3-4,9-10H2,1-2H3/t13-,14+/m0/s1. The van der Waals surface area contributed by atoms with Crippen molar-refractivity contribution in [1.82, 2.24) is 0 Å². The molecule has 4 nitrogen and oxygen atoms in total. The first-order chi connectivity index (χ1) is 9.67. The molecule has 0 spiro atoms. The van der Waals surface area contributed by atoms with E-state index in [1.165, 1.54) is 0 Å². The molecule has 1 aliphatic carbocycles. The van der Waals surface area contributed by atoms with Crippen LogP contribution in [0.1, 0.15) is 37.3 Å². The van der Waals surface area contributed by atoms with E-state index < -0.39 is 0 Å². The summed E-state index contributed by atoms with van der Waals surface area (Å²) in [5, 5.41) is 0. The van der Waals surface area contributed by atoms with Crippen LogP contribution in [0.3, 0.4) is 0 Å². The zero-order valence-corrected chi connectivity index (χ0v) is 11.9. The molecule has 0 bridgehead atoms. The SMILES string of the molecule is CCOC(=O)C[C@H]1c2ccccc2C[C@H]1C(=O)OCC. The number of carbonyl (C=O) groups is 2. The van der Waals surface area contributed by atoms with Crippen LogP contribution in [-0.4, -0.2) is 25.2 Å². The summed E-state index contributed by atoms with van der Waals surface area (Å²) < 4.78 is 10.2. The van der Waals surface area contributed by atoms with E-state index in [9.17, 15) is 9.59 Å². The topological polar surface area (TPSA) is 52.6 Å². The van der Waals surface area contributed by atoms with Gasteiger partial charge in [-0.25, -0.2) is 0 Å². The predicted molar refractivity (Wildman–Crippen MR) is 74.3 cm³/mol. The number of esters is 2. The molecule has 108 valence electrons. The van der Waals surface area contributed by atoms with Crippen molar-refractivity contribution in [1.29, 1.82) is 0 Å². The molecule has 0 saturated heterocycles. The first-order valence-corrected chi connectivity index (χ1v) is 7.07. The first-order valence-electron chi connectivity index (χ1n) is 7.07. The van der Waals surface area contributed by atoms with Gasteiger partial charge < -0.3 is 9.47 Å². The minimum atomic E-state index is -0.281. The maximum Gasteiger partial charge on any atom is 0.309 e. The molecule has 20 heavy (non-hydrogen) atoms. The largest absolute Gasteiger partial charge is 0.466 e. The molecule has 0 unspecified atom stereocenters.